The highest BCUT2D eigenvalue weighted by Crippen LogP contribution is 2.40. The Morgan fingerprint density at radius 1 is 1.07 bits per heavy atom. The zero-order valence-corrected chi connectivity index (χ0v) is 32.9. The van der Waals surface area contributed by atoms with E-state index in [1.54, 1.807) is 49.1 Å². The molecule has 58 heavy (non-hydrogen) atoms. The molecule has 3 N–H and O–H groups in total. The fourth-order valence-corrected chi connectivity index (χ4v) is 8.66. The Labute approximate surface area is 338 Å². The van der Waals surface area contributed by atoms with E-state index in [9.17, 15) is 37.6 Å². The number of likely N-dealkylation sites (tertiary alicyclic amines) is 2. The number of aryl methyl sites for hydroxylation is 1. The van der Waals surface area contributed by atoms with Crippen molar-refractivity contribution in [3.05, 3.63) is 71.5 Å². The lowest BCUT2D eigenvalue weighted by molar-refractivity contribution is -0.138. The summed E-state index contributed by atoms with van der Waals surface area (Å²) in [7, 11) is 0. The number of nitrogens with zero attached hydrogens (tertiary/aromatic N) is 6. The molecule has 2 bridgehead atoms. The Morgan fingerprint density at radius 2 is 1.81 bits per heavy atom. The highest BCUT2D eigenvalue weighted by Gasteiger charge is 2.51. The monoisotopic (exact) mass is 817 g/mol. The van der Waals surface area contributed by atoms with Gasteiger partial charge in [-0.15, -0.1) is 0 Å². The van der Waals surface area contributed by atoms with Crippen LogP contribution in [0.1, 0.15) is 56.9 Å². The second-order valence-electron chi connectivity index (χ2n) is 15.3. The Hall–Kier alpha value is -5.64. The third-order valence-corrected chi connectivity index (χ3v) is 11.4. The lowest BCUT2D eigenvalue weighted by Crippen LogP contribution is -2.49. The molecule has 4 aliphatic heterocycles. The molecular formula is C40H42F3N9O5S. The molecule has 2 aromatic carbocycles. The lowest BCUT2D eigenvalue weighted by Gasteiger charge is -2.33. The van der Waals surface area contributed by atoms with Gasteiger partial charge in [0.05, 0.1) is 24.0 Å². The summed E-state index contributed by atoms with van der Waals surface area (Å²) in [6.45, 7) is 8.16. The van der Waals surface area contributed by atoms with Gasteiger partial charge in [0.15, 0.2) is 10.8 Å². The number of rotatable bonds is 12. The van der Waals surface area contributed by atoms with E-state index in [0.717, 1.165) is 42.2 Å². The second kappa shape index (κ2) is 16.0. The van der Waals surface area contributed by atoms with Crippen LogP contribution >= 0.6 is 12.2 Å². The average Bonchev–Trinajstić information content (AvgIpc) is 3.81. The fourth-order valence-electron chi connectivity index (χ4n) is 8.14. The number of nitrogens with one attached hydrogen (secondary N) is 3. The summed E-state index contributed by atoms with van der Waals surface area (Å²) in [5.74, 6) is -0.651. The van der Waals surface area contributed by atoms with Gasteiger partial charge in [-0.25, -0.2) is 4.98 Å². The van der Waals surface area contributed by atoms with Crippen molar-refractivity contribution in [2.75, 3.05) is 53.2 Å². The summed E-state index contributed by atoms with van der Waals surface area (Å²) >= 11 is 5.69. The van der Waals surface area contributed by atoms with Crippen LogP contribution in [0.3, 0.4) is 0 Å². The molecule has 7 rings (SSSR count). The molecule has 1 aromatic heterocycles. The maximum Gasteiger partial charge on any atom is 0.419 e. The van der Waals surface area contributed by atoms with Crippen LogP contribution < -0.4 is 30.5 Å². The highest BCUT2D eigenvalue weighted by atomic mass is 32.1. The van der Waals surface area contributed by atoms with Crippen molar-refractivity contribution < 1.29 is 37.1 Å². The highest BCUT2D eigenvalue weighted by molar-refractivity contribution is 7.81. The first-order valence-corrected chi connectivity index (χ1v) is 19.4. The van der Waals surface area contributed by atoms with Gasteiger partial charge in [-0.05, 0) is 93.4 Å². The molecule has 4 saturated heterocycles. The molecule has 0 saturated carbocycles. The molecule has 4 amide bonds. The number of imide groups is 1. The first-order valence-electron chi connectivity index (χ1n) is 19.0. The lowest BCUT2D eigenvalue weighted by atomic mass is 10.0. The number of nitriles is 1. The van der Waals surface area contributed by atoms with Gasteiger partial charge >= 0.3 is 6.18 Å². The third-order valence-electron chi connectivity index (χ3n) is 11.1. The van der Waals surface area contributed by atoms with E-state index in [0.29, 0.717) is 48.8 Å². The zero-order chi connectivity index (χ0) is 41.5. The molecule has 3 atom stereocenters. The molecule has 4 fully saturated rings. The number of fused-ring (bicyclic) bond motifs is 2. The molecule has 18 heteroatoms. The maximum absolute atomic E-state index is 13.7. The SMILES string of the molecule is CCc1cc(N2C(=S)N(c3cnc(C#N)c(C(F)(F)F)c3)C(=O)C2(C)C)ccc1OCCN1C[C@H]2C[C@@H]1CN2CC(=O)Nc1cccc(NC2CCC(=O)NC2=O)c1. The molecule has 1 unspecified atom stereocenters. The van der Waals surface area contributed by atoms with Crippen LogP contribution in [0, 0.1) is 11.3 Å². The number of hydrogen-bond donors (Lipinski definition) is 3. The quantitative estimate of drug-likeness (QED) is 0.174. The Balaban J connectivity index is 0.918. The molecule has 0 aliphatic carbocycles. The van der Waals surface area contributed by atoms with E-state index in [1.165, 1.54) is 6.07 Å². The number of carbonyl (C=O) groups is 4. The fraction of sp³-hybridized carbons (Fsp3) is 0.425. The molecule has 0 radical (unpaired) electrons. The van der Waals surface area contributed by atoms with Crippen molar-refractivity contribution >= 4 is 63.7 Å². The van der Waals surface area contributed by atoms with Crippen LogP contribution in [-0.2, 0) is 31.8 Å². The molecule has 0 spiro atoms. The van der Waals surface area contributed by atoms with Crippen LogP contribution in [0.2, 0.25) is 0 Å². The number of amides is 4. The third kappa shape index (κ3) is 8.06. The smallest absolute Gasteiger partial charge is 0.419 e. The Morgan fingerprint density at radius 3 is 2.50 bits per heavy atom. The second-order valence-corrected chi connectivity index (χ2v) is 15.6. The van der Waals surface area contributed by atoms with Gasteiger partial charge in [0, 0.05) is 55.2 Å². The number of alkyl halides is 3. The van der Waals surface area contributed by atoms with E-state index in [4.69, 9.17) is 17.0 Å². The topological polar surface area (TPSA) is 163 Å². The van der Waals surface area contributed by atoms with Crippen LogP contribution in [0.15, 0.2) is 54.7 Å². The van der Waals surface area contributed by atoms with Gasteiger partial charge in [0.1, 0.15) is 30.0 Å². The minimum absolute atomic E-state index is 0.0190. The summed E-state index contributed by atoms with van der Waals surface area (Å²) in [6, 6.07) is 14.8. The largest absolute Gasteiger partial charge is 0.492 e. The molecule has 14 nitrogen and oxygen atoms in total. The molecule has 4 aliphatic rings. The van der Waals surface area contributed by atoms with Crippen LogP contribution in [0.25, 0.3) is 0 Å². The van der Waals surface area contributed by atoms with Gasteiger partial charge in [0.25, 0.3) is 5.91 Å². The van der Waals surface area contributed by atoms with Crippen molar-refractivity contribution in [3.8, 4) is 11.8 Å². The van der Waals surface area contributed by atoms with Crippen molar-refractivity contribution in [1.29, 1.82) is 5.26 Å². The Bertz CT molecular complexity index is 2210. The number of piperidine rings is 1. The summed E-state index contributed by atoms with van der Waals surface area (Å²) in [4.78, 5) is 61.2. The normalized spacial score (nSPS) is 22.0. The molecule has 304 valence electrons. The van der Waals surface area contributed by atoms with E-state index < -0.39 is 34.9 Å². The van der Waals surface area contributed by atoms with Gasteiger partial charge < -0.3 is 20.3 Å². The van der Waals surface area contributed by atoms with Crippen LogP contribution in [-0.4, -0.2) is 100.0 Å². The predicted octanol–water partition coefficient (Wildman–Crippen LogP) is 4.44. The number of halogens is 3. The zero-order valence-electron chi connectivity index (χ0n) is 32.1. The van der Waals surface area contributed by atoms with E-state index in [-0.39, 0.29) is 53.6 Å². The van der Waals surface area contributed by atoms with Crippen molar-refractivity contribution in [2.24, 2.45) is 0 Å². The number of pyridine rings is 1. The van der Waals surface area contributed by atoms with Gasteiger partial charge in [0.2, 0.25) is 17.7 Å². The van der Waals surface area contributed by atoms with Crippen molar-refractivity contribution in [1.82, 2.24) is 20.1 Å². The minimum Gasteiger partial charge on any atom is -0.492 e. The minimum atomic E-state index is -4.86. The maximum atomic E-state index is 13.7. The summed E-state index contributed by atoms with van der Waals surface area (Å²) in [5.41, 5.74) is -0.766. The van der Waals surface area contributed by atoms with Gasteiger partial charge in [-0.1, -0.05) is 13.0 Å². The summed E-state index contributed by atoms with van der Waals surface area (Å²) in [5, 5.41) is 17.6. The van der Waals surface area contributed by atoms with E-state index in [1.807, 2.05) is 19.1 Å². The number of piperazine rings is 1. The first kappa shape index (κ1) is 40.6. The summed E-state index contributed by atoms with van der Waals surface area (Å²) < 4.78 is 47.5. The van der Waals surface area contributed by atoms with Crippen LogP contribution in [0.5, 0.6) is 5.75 Å². The molecular weight excluding hydrogens is 776 g/mol. The molecule has 3 aromatic rings. The average molecular weight is 818 g/mol. The summed E-state index contributed by atoms with van der Waals surface area (Å²) in [6.07, 6.45) is -1.60. The number of benzene rings is 2. The number of carbonyl (C=O) groups excluding carboxylic acids is 4. The molecule has 5 heterocycles. The number of anilines is 4. The van der Waals surface area contributed by atoms with E-state index >= 15 is 0 Å². The number of thiocarbonyl (C=S) groups is 1. The Kier molecular flexibility index (Phi) is 11.2. The first-order chi connectivity index (χ1) is 27.6. The van der Waals surface area contributed by atoms with Crippen molar-refractivity contribution in [2.45, 2.75) is 76.3 Å². The van der Waals surface area contributed by atoms with Gasteiger partial charge in [-0.2, -0.15) is 18.4 Å². The van der Waals surface area contributed by atoms with Crippen molar-refractivity contribution in [3.63, 3.8) is 0 Å². The van der Waals surface area contributed by atoms with Gasteiger partial charge in [-0.3, -0.25) is 39.2 Å². The number of ether oxygens (including phenoxy) is 1. The number of aromatic nitrogens is 1. The number of hydrogen-bond acceptors (Lipinski definition) is 11. The van der Waals surface area contributed by atoms with Crippen LogP contribution in [0.4, 0.5) is 35.9 Å². The predicted molar refractivity (Wildman–Crippen MR) is 212 cm³/mol. The van der Waals surface area contributed by atoms with E-state index in [2.05, 4.69) is 30.7 Å². The standard InChI is InChI=1S/C40H42F3N9O5S/c1-4-23-14-26(52-38(58)51(37(56)39(52,2)3)27-17-30(40(41,42)43)32(18-44)45-19-27)8-10-33(23)57-13-12-49-20-29-16-28(49)21-50(29)22-35(54)47-25-7-5-6-24(15-25)46-31-9-11-34(53)48-36(31)55/h5-8,10,14-15,17,19,28-29,31,46H,4,9,11-13,16,20-22H2,1-3H3,(H,47,54)(H,48,53,55)/t28-,29-,31?/m1/s1.